The van der Waals surface area contributed by atoms with Crippen LogP contribution in [0.2, 0.25) is 5.02 Å². The predicted molar refractivity (Wildman–Crippen MR) is 82.6 cm³/mol. The minimum Gasteiger partial charge on any atom is -1.00 e. The summed E-state index contributed by atoms with van der Waals surface area (Å²) in [6.45, 7) is 7.69. The number of β-amino-alcohol motifs (C(OH)–C–C–N with tert-alkyl or cyclic N) is 1. The molecule has 1 aliphatic rings. The summed E-state index contributed by atoms with van der Waals surface area (Å²) in [5.41, 5.74) is 2.20. The molecule has 0 radical (unpaired) electrons. The maximum Gasteiger partial charge on any atom is 0.151 e. The van der Waals surface area contributed by atoms with E-state index in [1.54, 1.807) is 0 Å². The molecule has 3 N–H and O–H groups in total. The van der Waals surface area contributed by atoms with Crippen LogP contribution >= 0.6 is 11.6 Å². The van der Waals surface area contributed by atoms with Crippen LogP contribution in [0.5, 0.6) is 0 Å². The molecule has 4 nitrogen and oxygen atoms in total. The van der Waals surface area contributed by atoms with Crippen LogP contribution in [0.1, 0.15) is 5.56 Å². The van der Waals surface area contributed by atoms with Gasteiger partial charge in [0.15, 0.2) is 5.69 Å². The van der Waals surface area contributed by atoms with Crippen molar-refractivity contribution < 1.29 is 22.8 Å². The van der Waals surface area contributed by atoms with Crippen molar-refractivity contribution in [3.63, 3.8) is 0 Å². The Balaban J connectivity index is 0.00000220. The summed E-state index contributed by atoms with van der Waals surface area (Å²) in [5.74, 6) is 0. The van der Waals surface area contributed by atoms with Crippen molar-refractivity contribution >= 4 is 17.3 Å². The number of rotatable bonds is 5. The number of aliphatic hydroxyl groups excluding tert-OH is 1. The zero-order valence-corrected chi connectivity index (χ0v) is 14.2. The number of hydrogen-bond acceptors (Lipinski definition) is 3. The van der Waals surface area contributed by atoms with Crippen LogP contribution < -0.4 is 17.7 Å². The number of likely N-dealkylation sites (N-methyl/N-ethyl adjacent to an activating group) is 1. The maximum absolute atomic E-state index is 10.2. The zero-order valence-electron chi connectivity index (χ0n) is 12.7. The number of piperazine rings is 1. The molecule has 120 valence electrons. The second kappa shape index (κ2) is 8.93. The monoisotopic (exact) mass is 333 g/mol. The lowest BCUT2D eigenvalue weighted by Gasteiger charge is -2.33. The van der Waals surface area contributed by atoms with E-state index in [0.717, 1.165) is 49.0 Å². The highest BCUT2D eigenvalue weighted by molar-refractivity contribution is 6.32. The van der Waals surface area contributed by atoms with Crippen LogP contribution in [0.25, 0.3) is 0 Å². The number of para-hydroxylation sites is 1. The predicted octanol–water partition coefficient (Wildman–Crippen LogP) is -2.54. The van der Waals surface area contributed by atoms with E-state index >= 15 is 0 Å². The Kier molecular flexibility index (Phi) is 7.95. The molecular formula is C15H25Cl2N3O. The lowest BCUT2D eigenvalue weighted by molar-refractivity contribution is -0.580. The SMILES string of the molecule is Cc1cccc(Cl)c1[NH2+]CC(O)CN1CCN(C)CC1.[Cl-]. The Morgan fingerprint density at radius 1 is 1.29 bits per heavy atom. The van der Waals surface area contributed by atoms with Gasteiger partial charge in [-0.25, -0.2) is 0 Å². The first-order valence-electron chi connectivity index (χ1n) is 7.23. The number of nitrogens with zero attached hydrogens (tertiary/aromatic N) is 2. The van der Waals surface area contributed by atoms with Gasteiger partial charge in [-0.1, -0.05) is 23.7 Å². The summed E-state index contributed by atoms with van der Waals surface area (Å²) in [5, 5.41) is 13.0. The topological polar surface area (TPSA) is 43.3 Å². The van der Waals surface area contributed by atoms with Gasteiger partial charge in [0.2, 0.25) is 0 Å². The van der Waals surface area contributed by atoms with E-state index in [4.69, 9.17) is 11.6 Å². The third-order valence-corrected chi connectivity index (χ3v) is 4.26. The Morgan fingerprint density at radius 2 is 1.95 bits per heavy atom. The summed E-state index contributed by atoms with van der Waals surface area (Å²) < 4.78 is 0. The first kappa shape index (κ1) is 18.7. The molecule has 1 saturated heterocycles. The zero-order chi connectivity index (χ0) is 14.5. The molecule has 0 bridgehead atoms. The highest BCUT2D eigenvalue weighted by Crippen LogP contribution is 2.20. The molecule has 6 heteroatoms. The number of halogens is 2. The molecule has 1 unspecified atom stereocenters. The molecular weight excluding hydrogens is 309 g/mol. The van der Waals surface area contributed by atoms with Gasteiger partial charge in [0.05, 0.1) is 0 Å². The standard InChI is InChI=1S/C15H24ClN3O.ClH/c1-12-4-3-5-14(16)15(12)17-10-13(20)11-19-8-6-18(2)7-9-19;/h3-5,13,17,20H,6-11H2,1-2H3;1H. The Hall–Kier alpha value is -0.360. The van der Waals surface area contributed by atoms with Crippen LogP contribution in [-0.2, 0) is 0 Å². The first-order valence-corrected chi connectivity index (χ1v) is 7.61. The smallest absolute Gasteiger partial charge is 0.151 e. The van der Waals surface area contributed by atoms with Gasteiger partial charge < -0.3 is 27.7 Å². The average Bonchev–Trinajstić information content (AvgIpc) is 2.41. The molecule has 1 aromatic rings. The fourth-order valence-electron chi connectivity index (χ4n) is 2.56. The van der Waals surface area contributed by atoms with E-state index in [2.05, 4.69) is 22.2 Å². The second-order valence-corrected chi connectivity index (χ2v) is 6.08. The average molecular weight is 334 g/mol. The molecule has 0 amide bonds. The fraction of sp³-hybridized carbons (Fsp3) is 0.600. The summed E-state index contributed by atoms with van der Waals surface area (Å²) in [7, 11) is 2.14. The van der Waals surface area contributed by atoms with Gasteiger partial charge >= 0.3 is 0 Å². The van der Waals surface area contributed by atoms with E-state index in [9.17, 15) is 5.11 Å². The van der Waals surface area contributed by atoms with Crippen LogP contribution in [0.4, 0.5) is 5.69 Å². The first-order chi connectivity index (χ1) is 9.56. The third-order valence-electron chi connectivity index (χ3n) is 3.93. The van der Waals surface area contributed by atoms with Crippen LogP contribution in [-0.4, -0.2) is 67.3 Å². The van der Waals surface area contributed by atoms with Crippen molar-refractivity contribution in [3.05, 3.63) is 28.8 Å². The lowest BCUT2D eigenvalue weighted by atomic mass is 10.2. The fourth-order valence-corrected chi connectivity index (χ4v) is 2.86. The van der Waals surface area contributed by atoms with Crippen molar-refractivity contribution in [1.29, 1.82) is 0 Å². The number of aliphatic hydroxyl groups is 1. The van der Waals surface area contributed by atoms with E-state index < -0.39 is 0 Å². The number of quaternary nitrogens is 1. The van der Waals surface area contributed by atoms with Crippen molar-refractivity contribution in [2.75, 3.05) is 46.3 Å². The van der Waals surface area contributed by atoms with Gasteiger partial charge in [-0.05, 0) is 20.0 Å². The minimum absolute atomic E-state index is 0. The van der Waals surface area contributed by atoms with E-state index in [-0.39, 0.29) is 18.5 Å². The summed E-state index contributed by atoms with van der Waals surface area (Å²) in [4.78, 5) is 4.65. The van der Waals surface area contributed by atoms with Crippen molar-refractivity contribution in [3.8, 4) is 0 Å². The number of hydrogen-bond donors (Lipinski definition) is 2. The molecule has 2 rings (SSSR count). The Bertz CT molecular complexity index is 417. The third kappa shape index (κ3) is 5.74. The maximum atomic E-state index is 10.2. The highest BCUT2D eigenvalue weighted by atomic mass is 35.5. The second-order valence-electron chi connectivity index (χ2n) is 5.67. The molecule has 0 aliphatic carbocycles. The highest BCUT2D eigenvalue weighted by Gasteiger charge is 2.18. The van der Waals surface area contributed by atoms with Crippen LogP contribution in [0.15, 0.2) is 18.2 Å². The molecule has 1 fully saturated rings. The van der Waals surface area contributed by atoms with E-state index in [0.29, 0.717) is 6.54 Å². The number of aryl methyl sites for hydroxylation is 1. The molecule has 21 heavy (non-hydrogen) atoms. The van der Waals surface area contributed by atoms with Crippen molar-refractivity contribution in [2.45, 2.75) is 13.0 Å². The minimum atomic E-state index is -0.325. The van der Waals surface area contributed by atoms with Gasteiger partial charge in [-0.3, -0.25) is 4.90 Å². The Morgan fingerprint density at radius 3 is 2.57 bits per heavy atom. The van der Waals surface area contributed by atoms with Crippen LogP contribution in [0.3, 0.4) is 0 Å². The number of nitrogens with two attached hydrogens (primary N) is 1. The van der Waals surface area contributed by atoms with Gasteiger partial charge in [0, 0.05) is 38.3 Å². The summed E-state index contributed by atoms with van der Waals surface area (Å²) in [6, 6.07) is 5.90. The molecule has 0 aromatic heterocycles. The molecule has 1 atom stereocenters. The quantitative estimate of drug-likeness (QED) is 0.583. The normalized spacial score (nSPS) is 18.3. The van der Waals surface area contributed by atoms with Crippen LogP contribution in [0, 0.1) is 6.92 Å². The number of benzene rings is 1. The van der Waals surface area contributed by atoms with Gasteiger partial charge in [0.25, 0.3) is 0 Å². The van der Waals surface area contributed by atoms with E-state index in [1.807, 2.05) is 25.1 Å². The summed E-state index contributed by atoms with van der Waals surface area (Å²) in [6.07, 6.45) is -0.325. The van der Waals surface area contributed by atoms with Gasteiger partial charge in [-0.2, -0.15) is 0 Å². The molecule has 0 saturated carbocycles. The van der Waals surface area contributed by atoms with Crippen molar-refractivity contribution in [2.24, 2.45) is 0 Å². The van der Waals surface area contributed by atoms with Gasteiger partial charge in [0.1, 0.15) is 17.7 Å². The van der Waals surface area contributed by atoms with E-state index in [1.165, 1.54) is 0 Å². The summed E-state index contributed by atoms with van der Waals surface area (Å²) >= 11 is 6.19. The molecule has 1 aliphatic heterocycles. The largest absolute Gasteiger partial charge is 1.00 e. The molecule has 1 aromatic carbocycles. The lowest BCUT2D eigenvalue weighted by Crippen LogP contribution is -3.00. The molecule has 1 heterocycles. The molecule has 0 spiro atoms. The Labute approximate surface area is 138 Å². The van der Waals surface area contributed by atoms with Gasteiger partial charge in [-0.15, -0.1) is 0 Å². The van der Waals surface area contributed by atoms with Crippen molar-refractivity contribution in [1.82, 2.24) is 9.80 Å².